The van der Waals surface area contributed by atoms with Crippen LogP contribution in [0.2, 0.25) is 0 Å². The van der Waals surface area contributed by atoms with Gasteiger partial charge in [0.1, 0.15) is 11.6 Å². The lowest BCUT2D eigenvalue weighted by molar-refractivity contribution is -0.132. The van der Waals surface area contributed by atoms with Gasteiger partial charge in [-0.05, 0) is 25.3 Å². The maximum absolute atomic E-state index is 12.5. The third-order valence-electron chi connectivity index (χ3n) is 6.17. The molecule has 1 amide bonds. The minimum Gasteiger partial charge on any atom is -0.378 e. The Hall–Kier alpha value is -2.47. The van der Waals surface area contributed by atoms with Gasteiger partial charge in [-0.1, -0.05) is 43.7 Å². The first kappa shape index (κ1) is 21.8. The Kier molecular flexibility index (Phi) is 6.56. The molecule has 1 aromatic carbocycles. The van der Waals surface area contributed by atoms with Gasteiger partial charge < -0.3 is 14.5 Å². The molecule has 2 aromatic rings. The van der Waals surface area contributed by atoms with E-state index in [0.29, 0.717) is 12.5 Å². The number of carbonyl (C=O) groups is 1. The molecule has 2 aliphatic rings. The van der Waals surface area contributed by atoms with E-state index >= 15 is 0 Å². The summed E-state index contributed by atoms with van der Waals surface area (Å²) in [5.41, 5.74) is 4.61. The molecule has 1 saturated heterocycles. The van der Waals surface area contributed by atoms with Crippen molar-refractivity contribution >= 4 is 11.7 Å². The van der Waals surface area contributed by atoms with E-state index in [1.807, 2.05) is 4.90 Å². The fourth-order valence-corrected chi connectivity index (χ4v) is 4.25. The Labute approximate surface area is 185 Å². The predicted molar refractivity (Wildman–Crippen MR) is 122 cm³/mol. The smallest absolute Gasteiger partial charge is 0.225 e. The van der Waals surface area contributed by atoms with Gasteiger partial charge in [0.2, 0.25) is 5.91 Å². The van der Waals surface area contributed by atoms with Gasteiger partial charge in [0.05, 0.1) is 12.3 Å². The molecule has 2 heterocycles. The number of benzene rings is 1. The van der Waals surface area contributed by atoms with Crippen LogP contribution in [0.1, 0.15) is 60.8 Å². The highest BCUT2D eigenvalue weighted by molar-refractivity contribution is 5.81. The Bertz CT molecular complexity index is 931. The lowest BCUT2D eigenvalue weighted by Crippen LogP contribution is -2.50. The zero-order valence-corrected chi connectivity index (χ0v) is 19.2. The molecule has 0 N–H and O–H groups in total. The molecule has 0 bridgehead atoms. The van der Waals surface area contributed by atoms with Crippen LogP contribution in [0.25, 0.3) is 0 Å². The normalized spacial score (nSPS) is 16.8. The Morgan fingerprint density at radius 1 is 1.16 bits per heavy atom. The minimum absolute atomic E-state index is 0.236. The molecule has 6 heteroatoms. The lowest BCUT2D eigenvalue weighted by atomic mass is 10.0. The van der Waals surface area contributed by atoms with Crippen LogP contribution in [0.4, 0.5) is 5.82 Å². The second-order valence-corrected chi connectivity index (χ2v) is 9.17. The number of piperazine rings is 1. The molecular formula is C25H34N4O2. The maximum Gasteiger partial charge on any atom is 0.225 e. The molecule has 1 aromatic heterocycles. The van der Waals surface area contributed by atoms with Gasteiger partial charge in [-0.25, -0.2) is 9.97 Å². The summed E-state index contributed by atoms with van der Waals surface area (Å²) < 4.78 is 5.53. The summed E-state index contributed by atoms with van der Waals surface area (Å²) >= 11 is 0. The zero-order valence-electron chi connectivity index (χ0n) is 19.2. The number of rotatable bonds is 7. The Balaban J connectivity index is 1.66. The highest BCUT2D eigenvalue weighted by atomic mass is 16.5. The van der Waals surface area contributed by atoms with Gasteiger partial charge in [-0.3, -0.25) is 4.79 Å². The number of hydrogen-bond donors (Lipinski definition) is 0. The van der Waals surface area contributed by atoms with Crippen molar-refractivity contribution in [1.82, 2.24) is 14.9 Å². The molecular weight excluding hydrogens is 388 g/mol. The molecule has 1 aliphatic carbocycles. The van der Waals surface area contributed by atoms with Gasteiger partial charge in [-0.15, -0.1) is 0 Å². The first-order valence-corrected chi connectivity index (χ1v) is 11.4. The van der Waals surface area contributed by atoms with Gasteiger partial charge in [0.25, 0.3) is 0 Å². The maximum atomic E-state index is 12.5. The van der Waals surface area contributed by atoms with E-state index in [-0.39, 0.29) is 11.8 Å². The lowest BCUT2D eigenvalue weighted by Gasteiger charge is -2.37. The third-order valence-corrected chi connectivity index (χ3v) is 6.17. The van der Waals surface area contributed by atoms with E-state index in [2.05, 4.69) is 49.9 Å². The van der Waals surface area contributed by atoms with Crippen molar-refractivity contribution < 1.29 is 9.53 Å². The van der Waals surface area contributed by atoms with Crippen LogP contribution < -0.4 is 4.90 Å². The van der Waals surface area contributed by atoms with Crippen LogP contribution in [0, 0.1) is 12.8 Å². The van der Waals surface area contributed by atoms with Gasteiger partial charge in [0.15, 0.2) is 0 Å². The van der Waals surface area contributed by atoms with Crippen molar-refractivity contribution in [2.45, 2.75) is 52.6 Å². The first-order valence-electron chi connectivity index (χ1n) is 11.4. The van der Waals surface area contributed by atoms with E-state index in [4.69, 9.17) is 14.7 Å². The predicted octanol–water partition coefficient (Wildman–Crippen LogP) is 3.70. The average Bonchev–Trinajstić information content (AvgIpc) is 3.60. The highest BCUT2D eigenvalue weighted by Crippen LogP contribution is 2.32. The van der Waals surface area contributed by atoms with E-state index < -0.39 is 0 Å². The number of hydrogen-bond acceptors (Lipinski definition) is 5. The van der Waals surface area contributed by atoms with Gasteiger partial charge in [0, 0.05) is 57.1 Å². The average molecular weight is 423 g/mol. The highest BCUT2D eigenvalue weighted by Gasteiger charge is 2.35. The van der Waals surface area contributed by atoms with Crippen LogP contribution in [-0.2, 0) is 22.6 Å². The molecule has 0 unspecified atom stereocenters. The van der Waals surface area contributed by atoms with Crippen molar-refractivity contribution in [2.75, 3.05) is 38.2 Å². The molecule has 4 rings (SSSR count). The number of aromatic nitrogens is 2. The summed E-state index contributed by atoms with van der Waals surface area (Å²) in [6.45, 7) is 9.98. The molecule has 0 atom stereocenters. The fraction of sp³-hybridized carbons (Fsp3) is 0.560. The van der Waals surface area contributed by atoms with E-state index in [1.54, 1.807) is 7.11 Å². The summed E-state index contributed by atoms with van der Waals surface area (Å²) in [5.74, 6) is 2.71. The minimum atomic E-state index is 0.236. The van der Waals surface area contributed by atoms with Gasteiger partial charge >= 0.3 is 0 Å². The van der Waals surface area contributed by atoms with Crippen molar-refractivity contribution in [3.8, 4) is 0 Å². The number of methoxy groups -OCH3 is 1. The summed E-state index contributed by atoms with van der Waals surface area (Å²) in [7, 11) is 1.72. The third kappa shape index (κ3) is 5.06. The first-order chi connectivity index (χ1) is 15.0. The molecule has 6 nitrogen and oxygen atoms in total. The summed E-state index contributed by atoms with van der Waals surface area (Å²) in [6, 6.07) is 8.61. The fourth-order valence-electron chi connectivity index (χ4n) is 4.25. The van der Waals surface area contributed by atoms with Crippen molar-refractivity contribution in [3.05, 3.63) is 52.5 Å². The topological polar surface area (TPSA) is 58.6 Å². The van der Waals surface area contributed by atoms with Crippen LogP contribution >= 0.6 is 0 Å². The molecule has 1 saturated carbocycles. The Morgan fingerprint density at radius 3 is 2.52 bits per heavy atom. The molecule has 2 fully saturated rings. The SMILES string of the molecule is COCc1nc(C(C)C)nc(N2CCN(C(=O)C3CC3)CC2)c1Cc1cccc(C)c1. The molecule has 0 spiro atoms. The zero-order chi connectivity index (χ0) is 22.0. The Morgan fingerprint density at radius 2 is 1.90 bits per heavy atom. The van der Waals surface area contributed by atoms with Crippen LogP contribution in [0.3, 0.4) is 0 Å². The van der Waals surface area contributed by atoms with Crippen molar-refractivity contribution in [3.63, 3.8) is 0 Å². The summed E-state index contributed by atoms with van der Waals surface area (Å²) in [4.78, 5) is 26.8. The largest absolute Gasteiger partial charge is 0.378 e. The quantitative estimate of drug-likeness (QED) is 0.681. The molecule has 31 heavy (non-hydrogen) atoms. The van der Waals surface area contributed by atoms with Crippen LogP contribution in [-0.4, -0.2) is 54.1 Å². The molecule has 166 valence electrons. The van der Waals surface area contributed by atoms with Crippen LogP contribution in [0.5, 0.6) is 0 Å². The summed E-state index contributed by atoms with van der Waals surface area (Å²) in [5, 5.41) is 0. The van der Waals surface area contributed by atoms with Crippen molar-refractivity contribution in [2.24, 2.45) is 5.92 Å². The summed E-state index contributed by atoms with van der Waals surface area (Å²) in [6.07, 6.45) is 2.89. The number of anilines is 1. The monoisotopic (exact) mass is 422 g/mol. The second kappa shape index (κ2) is 9.35. The molecule has 1 aliphatic heterocycles. The van der Waals surface area contributed by atoms with E-state index in [9.17, 15) is 4.79 Å². The number of aryl methyl sites for hydroxylation is 1. The number of nitrogens with zero attached hydrogens (tertiary/aromatic N) is 4. The standard InChI is InChI=1S/C25H34N4O2/c1-17(2)23-26-22(16-31-4)21(15-19-7-5-6-18(3)14-19)24(27-23)28-10-12-29(13-11-28)25(30)20-8-9-20/h5-7,14,17,20H,8-13,15-16H2,1-4H3. The van der Waals surface area contributed by atoms with Crippen molar-refractivity contribution in [1.29, 1.82) is 0 Å². The molecule has 0 radical (unpaired) electrons. The number of amides is 1. The second-order valence-electron chi connectivity index (χ2n) is 9.17. The van der Waals surface area contributed by atoms with Crippen LogP contribution in [0.15, 0.2) is 24.3 Å². The van der Waals surface area contributed by atoms with E-state index in [1.165, 1.54) is 11.1 Å². The van der Waals surface area contributed by atoms with E-state index in [0.717, 1.165) is 68.3 Å². The number of carbonyl (C=O) groups excluding carboxylic acids is 1. The number of ether oxygens (including phenoxy) is 1. The van der Waals surface area contributed by atoms with Gasteiger partial charge in [-0.2, -0.15) is 0 Å².